The number of nitrogens with zero attached hydrogens (tertiary/aromatic N) is 1. The fraction of sp³-hybridized carbons (Fsp3) is 0.632. The van der Waals surface area contributed by atoms with E-state index in [9.17, 15) is 4.79 Å². The van der Waals surface area contributed by atoms with Crippen LogP contribution in [0.25, 0.3) is 0 Å². The van der Waals surface area contributed by atoms with E-state index in [1.54, 1.807) is 13.8 Å². The summed E-state index contributed by atoms with van der Waals surface area (Å²) < 4.78 is 5.21. The lowest BCUT2D eigenvalue weighted by Crippen LogP contribution is -2.52. The molecule has 154 valence electrons. The predicted octanol–water partition coefficient (Wildman–Crippen LogP) is 5.93. The molecule has 0 saturated carbocycles. The maximum atomic E-state index is 12.6. The summed E-state index contributed by atoms with van der Waals surface area (Å²) in [5.41, 5.74) is -0.494. The number of carbonyl (C=O) groups excluding carboxylic acids is 1. The van der Waals surface area contributed by atoms with Crippen molar-refractivity contribution in [3.05, 3.63) is 35.9 Å². The van der Waals surface area contributed by atoms with Crippen LogP contribution in [-0.4, -0.2) is 34.4 Å². The summed E-state index contributed by atoms with van der Waals surface area (Å²) in [5, 5.41) is 1.88. The van der Waals surface area contributed by atoms with E-state index >= 15 is 0 Å². The number of benzene rings is 1. The van der Waals surface area contributed by atoms with Crippen molar-refractivity contribution in [1.82, 2.24) is 5.06 Å². The first-order valence-electron chi connectivity index (χ1n) is 8.92. The van der Waals surface area contributed by atoms with Crippen LogP contribution in [0, 0.1) is 5.92 Å². The second kappa shape index (κ2) is 9.46. The Kier molecular flexibility index (Phi) is 8.67. The van der Waals surface area contributed by atoms with Gasteiger partial charge in [0.2, 0.25) is 0 Å². The van der Waals surface area contributed by atoms with Crippen molar-refractivity contribution in [2.45, 2.75) is 65.6 Å². The van der Waals surface area contributed by atoms with Gasteiger partial charge >= 0.3 is 12.0 Å². The lowest BCUT2D eigenvalue weighted by Gasteiger charge is -2.45. The van der Waals surface area contributed by atoms with Crippen molar-refractivity contribution in [2.75, 3.05) is 6.23 Å². The van der Waals surface area contributed by atoms with E-state index < -0.39 is 17.6 Å². The first-order chi connectivity index (χ1) is 12.1. The summed E-state index contributed by atoms with van der Waals surface area (Å²) in [7, 11) is 0. The topological polar surface area (TPSA) is 38.8 Å². The number of esters is 1. The molecule has 0 spiro atoms. The van der Waals surface area contributed by atoms with E-state index in [1.807, 2.05) is 44.0 Å². The van der Waals surface area contributed by atoms with Gasteiger partial charge in [-0.1, -0.05) is 44.2 Å². The van der Waals surface area contributed by atoms with Crippen LogP contribution in [0.15, 0.2) is 30.3 Å². The summed E-state index contributed by atoms with van der Waals surface area (Å²) in [5.74, 6) is -0.321. The molecule has 0 aliphatic heterocycles. The molecule has 0 aliphatic carbocycles. The molecule has 0 radical (unpaired) electrons. The average molecular weight is 455 g/mol. The van der Waals surface area contributed by atoms with Gasteiger partial charge in [0.1, 0.15) is 6.23 Å². The van der Waals surface area contributed by atoms with Crippen molar-refractivity contribution < 1.29 is 14.4 Å². The van der Waals surface area contributed by atoms with Gasteiger partial charge in [0.15, 0.2) is 5.60 Å². The molecule has 0 heterocycles. The SMILES string of the molecule is CC(C)C(c1ccccc1)N(OC(C)(C)C(=O)OC[Si](Cl)(Cl)Cl)C(C)(C)C. The molecule has 0 N–H and O–H groups in total. The van der Waals surface area contributed by atoms with Gasteiger partial charge in [-0.05, 0) is 46.1 Å². The number of carbonyl (C=O) groups is 1. The van der Waals surface area contributed by atoms with E-state index in [1.165, 1.54) is 0 Å². The molecule has 27 heavy (non-hydrogen) atoms. The summed E-state index contributed by atoms with van der Waals surface area (Å²) in [4.78, 5) is 18.8. The Bertz CT molecular complexity index is 613. The predicted molar refractivity (Wildman–Crippen MR) is 115 cm³/mol. The Morgan fingerprint density at radius 1 is 1.07 bits per heavy atom. The van der Waals surface area contributed by atoms with Crippen LogP contribution < -0.4 is 0 Å². The van der Waals surface area contributed by atoms with Gasteiger partial charge in [0, 0.05) is 5.54 Å². The van der Waals surface area contributed by atoms with E-state index in [-0.39, 0.29) is 23.7 Å². The van der Waals surface area contributed by atoms with Crippen molar-refractivity contribution in [3.63, 3.8) is 0 Å². The molecular weight excluding hydrogens is 425 g/mol. The molecule has 0 aromatic heterocycles. The second-order valence-electron chi connectivity index (χ2n) is 8.39. The third-order valence-corrected chi connectivity index (χ3v) is 5.33. The Labute approximate surface area is 178 Å². The molecule has 0 bridgehead atoms. The summed E-state index contributed by atoms with van der Waals surface area (Å²) in [6.45, 7) is 13.7. The van der Waals surface area contributed by atoms with Gasteiger partial charge in [0.05, 0.1) is 6.04 Å². The highest BCUT2D eigenvalue weighted by Gasteiger charge is 2.42. The van der Waals surface area contributed by atoms with Crippen molar-refractivity contribution in [1.29, 1.82) is 0 Å². The molecule has 1 unspecified atom stereocenters. The van der Waals surface area contributed by atoms with E-state index in [0.717, 1.165) is 5.56 Å². The maximum Gasteiger partial charge on any atom is 0.378 e. The van der Waals surface area contributed by atoms with E-state index in [4.69, 9.17) is 42.8 Å². The molecule has 1 aromatic rings. The van der Waals surface area contributed by atoms with Crippen LogP contribution in [0.5, 0.6) is 0 Å². The highest BCUT2D eigenvalue weighted by atomic mass is 35.8. The minimum absolute atomic E-state index is 0.0548. The van der Waals surface area contributed by atoms with Crippen LogP contribution in [0.1, 0.15) is 60.1 Å². The van der Waals surface area contributed by atoms with Gasteiger partial charge in [-0.2, -0.15) is 5.06 Å². The monoisotopic (exact) mass is 453 g/mol. The number of hydrogen-bond acceptors (Lipinski definition) is 4. The highest BCUT2D eigenvalue weighted by molar-refractivity contribution is 7.64. The molecule has 1 aromatic carbocycles. The number of rotatable bonds is 8. The van der Waals surface area contributed by atoms with Gasteiger partial charge in [-0.3, -0.25) is 4.84 Å². The Balaban J connectivity index is 3.14. The third kappa shape index (κ3) is 7.92. The van der Waals surface area contributed by atoms with Gasteiger partial charge < -0.3 is 4.74 Å². The lowest BCUT2D eigenvalue weighted by molar-refractivity contribution is -0.298. The van der Waals surface area contributed by atoms with Crippen molar-refractivity contribution >= 4 is 45.2 Å². The van der Waals surface area contributed by atoms with Crippen LogP contribution in [0.4, 0.5) is 0 Å². The van der Waals surface area contributed by atoms with Crippen LogP contribution in [-0.2, 0) is 14.4 Å². The Morgan fingerprint density at radius 2 is 1.59 bits per heavy atom. The second-order valence-corrected chi connectivity index (χ2v) is 17.5. The standard InChI is InChI=1S/C19H30Cl3NO3Si/c1-14(2)16(15-11-9-8-10-12-15)23(18(3,4)5)26-19(6,7)17(24)25-13-27(20,21)22/h8-12,14,16H,13H2,1-7H3. The fourth-order valence-corrected chi connectivity index (χ4v) is 3.44. The summed E-state index contributed by atoms with van der Waals surface area (Å²) in [6.07, 6.45) is -0.203. The number of hydroxylamine groups is 2. The minimum Gasteiger partial charge on any atom is -0.463 e. The van der Waals surface area contributed by atoms with Crippen LogP contribution in [0.2, 0.25) is 0 Å². The third-order valence-electron chi connectivity index (χ3n) is 3.87. The summed E-state index contributed by atoms with van der Waals surface area (Å²) in [6, 6.07) is 6.98. The zero-order valence-electron chi connectivity index (χ0n) is 17.1. The number of hydrogen-bond donors (Lipinski definition) is 0. The number of ether oxygens (including phenoxy) is 1. The zero-order chi connectivity index (χ0) is 21.0. The molecule has 0 amide bonds. The first kappa shape index (κ1) is 24.7. The Morgan fingerprint density at radius 3 is 2.00 bits per heavy atom. The molecule has 0 fully saturated rings. The van der Waals surface area contributed by atoms with Crippen molar-refractivity contribution in [2.24, 2.45) is 5.92 Å². The van der Waals surface area contributed by atoms with Crippen molar-refractivity contribution in [3.8, 4) is 0 Å². The quantitative estimate of drug-likeness (QED) is 0.211. The maximum absolute atomic E-state index is 12.6. The van der Waals surface area contributed by atoms with Crippen LogP contribution >= 0.6 is 33.2 Å². The van der Waals surface area contributed by atoms with Gasteiger partial charge in [0.25, 0.3) is 0 Å². The molecule has 0 saturated heterocycles. The first-order valence-corrected chi connectivity index (χ1v) is 14.2. The molecule has 1 atom stereocenters. The van der Waals surface area contributed by atoms with Gasteiger partial charge in [-0.15, -0.1) is 33.2 Å². The van der Waals surface area contributed by atoms with E-state index in [2.05, 4.69) is 26.0 Å². The lowest BCUT2D eigenvalue weighted by atomic mass is 9.92. The summed E-state index contributed by atoms with van der Waals surface area (Å²) >= 11 is 17.5. The molecule has 0 aliphatic rings. The Hall–Kier alpha value is -0.303. The zero-order valence-corrected chi connectivity index (χ0v) is 20.3. The smallest absolute Gasteiger partial charge is 0.378 e. The van der Waals surface area contributed by atoms with Gasteiger partial charge in [-0.25, -0.2) is 4.79 Å². The highest BCUT2D eigenvalue weighted by Crippen LogP contribution is 2.36. The van der Waals surface area contributed by atoms with Crippen LogP contribution in [0.3, 0.4) is 0 Å². The normalized spacial score (nSPS) is 14.5. The molecule has 4 nitrogen and oxygen atoms in total. The average Bonchev–Trinajstić information content (AvgIpc) is 2.51. The largest absolute Gasteiger partial charge is 0.463 e. The molecule has 8 heteroatoms. The van der Waals surface area contributed by atoms with E-state index in [0.29, 0.717) is 0 Å². The minimum atomic E-state index is -3.06. The molecule has 1 rings (SSSR count). The fourth-order valence-electron chi connectivity index (χ4n) is 2.66. The molecular formula is C19H30Cl3NO3Si. The number of halogens is 3.